The van der Waals surface area contributed by atoms with Crippen LogP contribution in [0.3, 0.4) is 0 Å². The fraction of sp³-hybridized carbons (Fsp3) is 0.476. The average molecular weight is 525 g/mol. The van der Waals surface area contributed by atoms with Crippen LogP contribution in [0, 0.1) is 10.1 Å². The SMILES string of the molecule is CC(=O)NCCSC1CC(=O)OC1(C(=O)OCc1ccc([N+](=O)[O-])cc1)N1OC[C@H](NC(C)=O)C1=O. The summed E-state index contributed by atoms with van der Waals surface area (Å²) in [5.41, 5.74) is -2.03. The highest BCUT2D eigenvalue weighted by atomic mass is 32.2. The molecule has 0 spiro atoms. The monoisotopic (exact) mass is 524 g/mol. The number of nitro groups is 1. The summed E-state index contributed by atoms with van der Waals surface area (Å²) >= 11 is 1.10. The van der Waals surface area contributed by atoms with Gasteiger partial charge in [0.25, 0.3) is 11.6 Å². The van der Waals surface area contributed by atoms with Crippen LogP contribution in [0.1, 0.15) is 25.8 Å². The van der Waals surface area contributed by atoms with Crippen LogP contribution in [-0.2, 0) is 44.9 Å². The van der Waals surface area contributed by atoms with Gasteiger partial charge in [0.2, 0.25) is 11.8 Å². The number of non-ortho nitro benzene ring substituents is 1. The molecule has 2 aliphatic heterocycles. The molecule has 15 heteroatoms. The lowest BCUT2D eigenvalue weighted by Gasteiger charge is -2.36. The molecular formula is C21H24N4O10S. The number of nitrogens with zero attached hydrogens (tertiary/aromatic N) is 2. The van der Waals surface area contributed by atoms with Crippen molar-refractivity contribution in [1.29, 1.82) is 0 Å². The molecule has 2 saturated heterocycles. The molecule has 2 fully saturated rings. The van der Waals surface area contributed by atoms with E-state index >= 15 is 0 Å². The number of benzene rings is 1. The summed E-state index contributed by atoms with van der Waals surface area (Å²) in [5.74, 6) is -3.17. The summed E-state index contributed by atoms with van der Waals surface area (Å²) < 4.78 is 10.8. The van der Waals surface area contributed by atoms with E-state index in [1.807, 2.05) is 0 Å². The van der Waals surface area contributed by atoms with Crippen molar-refractivity contribution < 1.29 is 43.2 Å². The van der Waals surface area contributed by atoms with Gasteiger partial charge in [-0.2, -0.15) is 5.06 Å². The third-order valence-electron chi connectivity index (χ3n) is 5.21. The number of nitro benzene ring substituents is 1. The van der Waals surface area contributed by atoms with Gasteiger partial charge in [0.15, 0.2) is 0 Å². The zero-order valence-electron chi connectivity index (χ0n) is 19.4. The summed E-state index contributed by atoms with van der Waals surface area (Å²) in [6, 6.07) is 4.15. The van der Waals surface area contributed by atoms with Crippen molar-refractivity contribution in [3.05, 3.63) is 39.9 Å². The Morgan fingerprint density at radius 1 is 1.22 bits per heavy atom. The number of cyclic esters (lactones) is 1. The van der Waals surface area contributed by atoms with Crippen molar-refractivity contribution in [3.8, 4) is 0 Å². The van der Waals surface area contributed by atoms with Gasteiger partial charge in [-0.15, -0.1) is 11.8 Å². The van der Waals surface area contributed by atoms with E-state index in [1.54, 1.807) is 0 Å². The largest absolute Gasteiger partial charge is 0.456 e. The molecule has 3 atom stereocenters. The molecule has 3 rings (SSSR count). The normalized spacial score (nSPS) is 23.2. The van der Waals surface area contributed by atoms with Gasteiger partial charge in [-0.3, -0.25) is 34.1 Å². The first-order valence-corrected chi connectivity index (χ1v) is 11.8. The number of hydroxylamine groups is 2. The Morgan fingerprint density at radius 2 is 1.92 bits per heavy atom. The number of carbonyl (C=O) groups is 5. The van der Waals surface area contributed by atoms with Crippen molar-refractivity contribution in [3.63, 3.8) is 0 Å². The lowest BCUT2D eigenvalue weighted by molar-refractivity contribution is -0.384. The molecule has 0 aromatic heterocycles. The Balaban J connectivity index is 1.84. The lowest BCUT2D eigenvalue weighted by Crippen LogP contribution is -2.62. The second kappa shape index (κ2) is 11.3. The molecule has 2 heterocycles. The van der Waals surface area contributed by atoms with Gasteiger partial charge in [0, 0.05) is 38.3 Å². The molecular weight excluding hydrogens is 500 g/mol. The maximum Gasteiger partial charge on any atom is 0.376 e. The van der Waals surface area contributed by atoms with Gasteiger partial charge in [-0.1, -0.05) is 0 Å². The van der Waals surface area contributed by atoms with E-state index in [-0.39, 0.29) is 43.5 Å². The molecule has 3 amide bonds. The third-order valence-corrected chi connectivity index (χ3v) is 6.54. The summed E-state index contributed by atoms with van der Waals surface area (Å²) in [4.78, 5) is 77.2. The second-order valence-electron chi connectivity index (χ2n) is 7.90. The molecule has 0 saturated carbocycles. The molecule has 0 aliphatic carbocycles. The number of ether oxygens (including phenoxy) is 2. The quantitative estimate of drug-likeness (QED) is 0.179. The predicted molar refractivity (Wildman–Crippen MR) is 122 cm³/mol. The van der Waals surface area contributed by atoms with Crippen LogP contribution in [0.15, 0.2) is 24.3 Å². The van der Waals surface area contributed by atoms with Crippen LogP contribution in [0.4, 0.5) is 5.69 Å². The summed E-state index contributed by atoms with van der Waals surface area (Å²) in [6.07, 6.45) is -0.255. The van der Waals surface area contributed by atoms with Gasteiger partial charge in [-0.25, -0.2) is 4.79 Å². The minimum absolute atomic E-state index is 0.151. The predicted octanol–water partition coefficient (Wildman–Crippen LogP) is -0.202. The van der Waals surface area contributed by atoms with Gasteiger partial charge in [-0.05, 0) is 17.7 Å². The standard InChI is InChI=1S/C21H24N4O10S/c1-12(26)22-7-8-36-17-9-18(28)35-21(17,24-19(29)16(11-34-24)23-13(2)27)20(30)33-10-14-3-5-15(6-4-14)25(31)32/h3-6,16-17H,7-11H2,1-2H3,(H,22,26)(H,23,27)/t16-,17?,21?/m0/s1. The average Bonchev–Trinajstić information content (AvgIpc) is 3.34. The summed E-state index contributed by atoms with van der Waals surface area (Å²) in [7, 11) is 0. The van der Waals surface area contributed by atoms with Crippen molar-refractivity contribution in [2.75, 3.05) is 18.9 Å². The van der Waals surface area contributed by atoms with Crippen LogP contribution in [0.25, 0.3) is 0 Å². The molecule has 2 N–H and O–H groups in total. The number of hydrogen-bond donors (Lipinski definition) is 2. The van der Waals surface area contributed by atoms with Crippen LogP contribution < -0.4 is 10.6 Å². The van der Waals surface area contributed by atoms with E-state index < -0.39 is 45.7 Å². The molecule has 2 unspecified atom stereocenters. The maximum atomic E-state index is 13.4. The minimum Gasteiger partial charge on any atom is -0.456 e. The molecule has 1 aromatic carbocycles. The topological polar surface area (TPSA) is 183 Å². The molecule has 36 heavy (non-hydrogen) atoms. The Kier molecular flexibility index (Phi) is 8.47. The van der Waals surface area contributed by atoms with E-state index in [0.29, 0.717) is 10.6 Å². The van der Waals surface area contributed by atoms with Crippen LogP contribution in [-0.4, -0.2) is 75.6 Å². The first-order valence-electron chi connectivity index (χ1n) is 10.8. The van der Waals surface area contributed by atoms with E-state index in [9.17, 15) is 34.1 Å². The highest BCUT2D eigenvalue weighted by Gasteiger charge is 2.65. The highest BCUT2D eigenvalue weighted by Crippen LogP contribution is 2.42. The van der Waals surface area contributed by atoms with Crippen molar-refractivity contribution in [2.24, 2.45) is 0 Å². The van der Waals surface area contributed by atoms with Gasteiger partial charge < -0.3 is 20.1 Å². The summed E-state index contributed by atoms with van der Waals surface area (Å²) in [6.45, 7) is 2.14. The highest BCUT2D eigenvalue weighted by molar-refractivity contribution is 8.00. The van der Waals surface area contributed by atoms with Crippen molar-refractivity contribution in [1.82, 2.24) is 15.7 Å². The van der Waals surface area contributed by atoms with Crippen LogP contribution in [0.5, 0.6) is 0 Å². The molecule has 14 nitrogen and oxygen atoms in total. The fourth-order valence-corrected chi connectivity index (χ4v) is 4.82. The number of amides is 3. The first-order chi connectivity index (χ1) is 17.0. The fourth-order valence-electron chi connectivity index (χ4n) is 3.60. The summed E-state index contributed by atoms with van der Waals surface area (Å²) in [5, 5.41) is 15.5. The smallest absolute Gasteiger partial charge is 0.376 e. The number of rotatable bonds is 10. The zero-order valence-corrected chi connectivity index (χ0v) is 20.2. The third kappa shape index (κ3) is 5.91. The molecule has 0 bridgehead atoms. The van der Waals surface area contributed by atoms with Gasteiger partial charge in [0.05, 0.1) is 16.6 Å². The molecule has 2 aliphatic rings. The van der Waals surface area contributed by atoms with Gasteiger partial charge in [0.1, 0.15) is 19.3 Å². The second-order valence-corrected chi connectivity index (χ2v) is 9.21. The molecule has 1 aromatic rings. The van der Waals surface area contributed by atoms with Crippen LogP contribution in [0.2, 0.25) is 0 Å². The number of thioether (sulfide) groups is 1. The van der Waals surface area contributed by atoms with Gasteiger partial charge >= 0.3 is 17.7 Å². The minimum atomic E-state index is -2.29. The lowest BCUT2D eigenvalue weighted by atomic mass is 10.1. The maximum absolute atomic E-state index is 13.4. The molecule has 194 valence electrons. The number of carbonyl (C=O) groups excluding carboxylic acids is 5. The van der Waals surface area contributed by atoms with Crippen molar-refractivity contribution >= 4 is 47.1 Å². The Hall–Kier alpha value is -3.72. The number of hydrogen-bond acceptors (Lipinski definition) is 11. The van der Waals surface area contributed by atoms with E-state index in [1.165, 1.54) is 38.1 Å². The number of esters is 2. The number of nitrogens with one attached hydrogen (secondary N) is 2. The van der Waals surface area contributed by atoms with Crippen LogP contribution >= 0.6 is 11.8 Å². The van der Waals surface area contributed by atoms with Crippen molar-refractivity contribution in [2.45, 2.75) is 43.9 Å². The Morgan fingerprint density at radius 3 is 2.53 bits per heavy atom. The zero-order chi connectivity index (χ0) is 26.5. The first kappa shape index (κ1) is 26.9. The van der Waals surface area contributed by atoms with E-state index in [0.717, 1.165) is 11.8 Å². The molecule has 0 radical (unpaired) electrons. The van der Waals surface area contributed by atoms with E-state index in [2.05, 4.69) is 10.6 Å². The Bertz CT molecular complexity index is 1070. The van der Waals surface area contributed by atoms with E-state index in [4.69, 9.17) is 14.3 Å². The Labute approximate surface area is 209 Å².